The molecule has 1 aromatic rings. The molecular weight excluding hydrogens is 254 g/mol. The normalized spacial score (nSPS) is 19.6. The van der Waals surface area contributed by atoms with Crippen molar-refractivity contribution in [3.63, 3.8) is 0 Å². The third kappa shape index (κ3) is 4.43. The Morgan fingerprint density at radius 3 is 2.89 bits per heavy atom. The van der Waals surface area contributed by atoms with Crippen molar-refractivity contribution in [1.82, 2.24) is 0 Å². The molecule has 2 rings (SSSR count). The van der Waals surface area contributed by atoms with Gasteiger partial charge in [0.25, 0.3) is 0 Å². The zero-order valence-electron chi connectivity index (χ0n) is 11.8. The Morgan fingerprint density at radius 2 is 2.05 bits per heavy atom. The summed E-state index contributed by atoms with van der Waals surface area (Å²) in [6.45, 7) is 2.25. The summed E-state index contributed by atoms with van der Waals surface area (Å²) in [5, 5.41) is 0. The molecule has 0 spiro atoms. The molecule has 0 saturated carbocycles. The minimum atomic E-state index is 0.169. The predicted molar refractivity (Wildman–Crippen MR) is 82.9 cm³/mol. The lowest BCUT2D eigenvalue weighted by molar-refractivity contribution is 0.178. The Bertz CT molecular complexity index is 383. The monoisotopic (exact) mass is 279 g/mol. The van der Waals surface area contributed by atoms with Crippen LogP contribution in [0.5, 0.6) is 5.75 Å². The Balaban J connectivity index is 1.74. The Labute approximate surface area is 121 Å². The van der Waals surface area contributed by atoms with E-state index in [1.165, 1.54) is 37.0 Å². The SMILES string of the molecule is CCCCCCCC(N)C1CSc2ccccc2O1. The summed E-state index contributed by atoms with van der Waals surface area (Å²) >= 11 is 1.87. The fourth-order valence-corrected chi connectivity index (χ4v) is 3.51. The first-order valence-electron chi connectivity index (χ1n) is 7.45. The topological polar surface area (TPSA) is 35.2 Å². The molecule has 0 saturated heterocycles. The van der Waals surface area contributed by atoms with Gasteiger partial charge in [-0.25, -0.2) is 0 Å². The molecule has 0 amide bonds. The molecule has 1 heterocycles. The summed E-state index contributed by atoms with van der Waals surface area (Å²) in [6.07, 6.45) is 7.77. The maximum absolute atomic E-state index is 6.28. The van der Waals surface area contributed by atoms with Crippen molar-refractivity contribution < 1.29 is 4.74 Å². The number of rotatable bonds is 7. The zero-order valence-corrected chi connectivity index (χ0v) is 12.6. The van der Waals surface area contributed by atoms with Crippen LogP contribution in [-0.2, 0) is 0 Å². The summed E-state index contributed by atoms with van der Waals surface area (Å²) in [7, 11) is 0. The maximum atomic E-state index is 6.28. The highest BCUT2D eigenvalue weighted by Gasteiger charge is 2.25. The van der Waals surface area contributed by atoms with Crippen molar-refractivity contribution in [2.45, 2.75) is 62.5 Å². The van der Waals surface area contributed by atoms with Gasteiger partial charge in [-0.1, -0.05) is 51.2 Å². The van der Waals surface area contributed by atoms with Crippen LogP contribution in [0.3, 0.4) is 0 Å². The van der Waals surface area contributed by atoms with Crippen molar-refractivity contribution in [3.05, 3.63) is 24.3 Å². The highest BCUT2D eigenvalue weighted by Crippen LogP contribution is 2.35. The quantitative estimate of drug-likeness (QED) is 0.759. The fourth-order valence-electron chi connectivity index (χ4n) is 2.42. The Morgan fingerprint density at radius 1 is 1.26 bits per heavy atom. The van der Waals surface area contributed by atoms with Crippen LogP contribution in [-0.4, -0.2) is 17.9 Å². The standard InChI is InChI=1S/C16H25NOS/c1-2-3-4-5-6-9-13(17)15-12-19-16-11-8-7-10-14(16)18-15/h7-8,10-11,13,15H,2-6,9,12,17H2,1H3. The summed E-state index contributed by atoms with van der Waals surface area (Å²) in [6, 6.07) is 8.42. The minimum Gasteiger partial charge on any atom is -0.487 e. The molecule has 1 aromatic carbocycles. The van der Waals surface area contributed by atoms with Crippen LogP contribution in [0.2, 0.25) is 0 Å². The van der Waals surface area contributed by atoms with Crippen molar-refractivity contribution in [2.75, 3.05) is 5.75 Å². The van der Waals surface area contributed by atoms with Gasteiger partial charge in [0.05, 0.1) is 0 Å². The van der Waals surface area contributed by atoms with E-state index in [9.17, 15) is 0 Å². The van der Waals surface area contributed by atoms with E-state index < -0.39 is 0 Å². The number of hydrogen-bond donors (Lipinski definition) is 1. The van der Waals surface area contributed by atoms with Gasteiger partial charge in [-0.05, 0) is 18.6 Å². The molecule has 2 N–H and O–H groups in total. The summed E-state index contributed by atoms with van der Waals surface area (Å²) < 4.78 is 6.03. The van der Waals surface area contributed by atoms with Gasteiger partial charge in [-0.3, -0.25) is 0 Å². The number of nitrogens with two attached hydrogens (primary N) is 1. The third-order valence-corrected chi connectivity index (χ3v) is 4.79. The van der Waals surface area contributed by atoms with E-state index in [0.717, 1.165) is 17.9 Å². The lowest BCUT2D eigenvalue weighted by atomic mass is 10.0. The summed E-state index contributed by atoms with van der Waals surface area (Å²) in [5.74, 6) is 1.98. The number of thioether (sulfide) groups is 1. The molecule has 19 heavy (non-hydrogen) atoms. The molecule has 106 valence electrons. The lowest BCUT2D eigenvalue weighted by Crippen LogP contribution is -2.42. The first-order valence-corrected chi connectivity index (χ1v) is 8.44. The summed E-state index contributed by atoms with van der Waals surface area (Å²) in [5.41, 5.74) is 6.28. The second kappa shape index (κ2) is 7.81. The van der Waals surface area contributed by atoms with Crippen LogP contribution in [0, 0.1) is 0 Å². The largest absolute Gasteiger partial charge is 0.487 e. The predicted octanol–water partition coefficient (Wildman–Crippen LogP) is 4.23. The van der Waals surface area contributed by atoms with Gasteiger partial charge in [-0.2, -0.15) is 0 Å². The van der Waals surface area contributed by atoms with Crippen LogP contribution in [0.25, 0.3) is 0 Å². The van der Waals surface area contributed by atoms with Crippen molar-refractivity contribution in [2.24, 2.45) is 5.73 Å². The first-order chi connectivity index (χ1) is 9.31. The van der Waals surface area contributed by atoms with E-state index in [4.69, 9.17) is 10.5 Å². The van der Waals surface area contributed by atoms with Gasteiger partial charge in [-0.15, -0.1) is 11.8 Å². The van der Waals surface area contributed by atoms with Gasteiger partial charge in [0, 0.05) is 16.7 Å². The molecule has 0 fully saturated rings. The highest BCUT2D eigenvalue weighted by molar-refractivity contribution is 7.99. The second-order valence-corrected chi connectivity index (χ2v) is 6.34. The summed E-state index contributed by atoms with van der Waals surface area (Å²) in [4.78, 5) is 1.24. The molecule has 3 heteroatoms. The molecular formula is C16H25NOS. The van der Waals surface area contributed by atoms with Crippen molar-refractivity contribution >= 4 is 11.8 Å². The van der Waals surface area contributed by atoms with Gasteiger partial charge >= 0.3 is 0 Å². The van der Waals surface area contributed by atoms with E-state index in [-0.39, 0.29) is 12.1 Å². The van der Waals surface area contributed by atoms with Gasteiger partial charge < -0.3 is 10.5 Å². The van der Waals surface area contributed by atoms with E-state index >= 15 is 0 Å². The molecule has 0 aromatic heterocycles. The third-order valence-electron chi connectivity index (χ3n) is 3.65. The molecule has 0 bridgehead atoms. The van der Waals surface area contributed by atoms with E-state index in [2.05, 4.69) is 19.1 Å². The molecule has 2 atom stereocenters. The number of fused-ring (bicyclic) bond motifs is 1. The molecule has 0 aliphatic carbocycles. The van der Waals surface area contributed by atoms with Gasteiger partial charge in [0.2, 0.25) is 0 Å². The number of hydrogen-bond acceptors (Lipinski definition) is 3. The lowest BCUT2D eigenvalue weighted by Gasteiger charge is -2.29. The van der Waals surface area contributed by atoms with Crippen LogP contribution in [0.15, 0.2) is 29.2 Å². The van der Waals surface area contributed by atoms with Crippen LogP contribution >= 0.6 is 11.8 Å². The average molecular weight is 279 g/mol. The van der Waals surface area contributed by atoms with Gasteiger partial charge in [0.1, 0.15) is 11.9 Å². The maximum Gasteiger partial charge on any atom is 0.133 e. The van der Waals surface area contributed by atoms with Crippen molar-refractivity contribution in [1.29, 1.82) is 0 Å². The molecule has 2 unspecified atom stereocenters. The molecule has 1 aliphatic rings. The van der Waals surface area contributed by atoms with Gasteiger partial charge in [0.15, 0.2) is 0 Å². The average Bonchev–Trinajstić information content (AvgIpc) is 2.46. The van der Waals surface area contributed by atoms with E-state index in [1.807, 2.05) is 23.9 Å². The highest BCUT2D eigenvalue weighted by atomic mass is 32.2. The van der Waals surface area contributed by atoms with Crippen LogP contribution in [0.4, 0.5) is 0 Å². The first kappa shape index (κ1) is 14.7. The fraction of sp³-hybridized carbons (Fsp3) is 0.625. The molecule has 0 radical (unpaired) electrons. The minimum absolute atomic E-state index is 0.169. The van der Waals surface area contributed by atoms with Crippen LogP contribution in [0.1, 0.15) is 45.4 Å². The van der Waals surface area contributed by atoms with E-state index in [1.54, 1.807) is 0 Å². The Hall–Kier alpha value is -0.670. The van der Waals surface area contributed by atoms with E-state index in [0.29, 0.717) is 0 Å². The number of unbranched alkanes of at least 4 members (excludes halogenated alkanes) is 4. The Kier molecular flexibility index (Phi) is 6.05. The smallest absolute Gasteiger partial charge is 0.133 e. The zero-order chi connectivity index (χ0) is 13.5. The van der Waals surface area contributed by atoms with Crippen molar-refractivity contribution in [3.8, 4) is 5.75 Å². The number of ether oxygens (including phenoxy) is 1. The van der Waals surface area contributed by atoms with Crippen LogP contribution < -0.4 is 10.5 Å². The number of benzene rings is 1. The molecule has 2 nitrogen and oxygen atoms in total. The molecule has 1 aliphatic heterocycles. The second-order valence-electron chi connectivity index (χ2n) is 5.28. The number of para-hydroxylation sites is 1.